The number of thioether (sulfide) groups is 1. The number of carbonyl (C=O) groups excluding carboxylic acids is 2. The summed E-state index contributed by atoms with van der Waals surface area (Å²) in [6.07, 6.45) is 0. The largest absolute Gasteiger partial charge is 0.465 e. The molecule has 2 aromatic rings. The van der Waals surface area contributed by atoms with Crippen LogP contribution >= 0.6 is 11.8 Å². The van der Waals surface area contributed by atoms with Crippen LogP contribution in [0.1, 0.15) is 40.1 Å². The highest BCUT2D eigenvalue weighted by Gasteiger charge is 2.15. The molecule has 0 radical (unpaired) electrons. The Bertz CT molecular complexity index is 756. The lowest BCUT2D eigenvalue weighted by Gasteiger charge is -2.13. The first-order valence-electron chi connectivity index (χ1n) is 7.68. The van der Waals surface area contributed by atoms with Gasteiger partial charge in [0.05, 0.1) is 18.2 Å². The summed E-state index contributed by atoms with van der Waals surface area (Å²) in [6.45, 7) is 6.05. The van der Waals surface area contributed by atoms with E-state index in [1.807, 2.05) is 25.1 Å². The van der Waals surface area contributed by atoms with Gasteiger partial charge in [-0.3, -0.25) is 4.79 Å². The summed E-state index contributed by atoms with van der Waals surface area (Å²) < 4.78 is 4.73. The summed E-state index contributed by atoms with van der Waals surface area (Å²) >= 11 is 1.64. The number of aryl methyl sites for hydroxylation is 1. The van der Waals surface area contributed by atoms with Crippen LogP contribution in [0.3, 0.4) is 0 Å². The van der Waals surface area contributed by atoms with Crippen LogP contribution < -0.4 is 5.32 Å². The van der Waals surface area contributed by atoms with Gasteiger partial charge in [0, 0.05) is 15.8 Å². The average Bonchev–Trinajstić information content (AvgIpc) is 2.56. The molecule has 0 aliphatic carbocycles. The van der Waals surface area contributed by atoms with Crippen molar-refractivity contribution in [1.29, 1.82) is 0 Å². The molecule has 1 N–H and O–H groups in total. The third-order valence-corrected chi connectivity index (χ3v) is 4.48. The molecule has 2 aromatic carbocycles. The number of amides is 1. The summed E-state index contributed by atoms with van der Waals surface area (Å²) in [7, 11) is 1.33. The van der Waals surface area contributed by atoms with Gasteiger partial charge in [-0.15, -0.1) is 11.8 Å². The van der Waals surface area contributed by atoms with Crippen molar-refractivity contribution in [2.75, 3.05) is 12.4 Å². The number of esters is 1. The number of hydrogen-bond donors (Lipinski definition) is 1. The highest BCUT2D eigenvalue weighted by Crippen LogP contribution is 2.27. The molecule has 1 amide bonds. The van der Waals surface area contributed by atoms with E-state index >= 15 is 0 Å². The molecular formula is C19H21NO3S. The third kappa shape index (κ3) is 4.38. The second-order valence-corrected chi connectivity index (χ2v) is 7.26. The smallest absolute Gasteiger partial charge is 0.337 e. The van der Waals surface area contributed by atoms with E-state index in [-0.39, 0.29) is 5.91 Å². The summed E-state index contributed by atoms with van der Waals surface area (Å²) in [5, 5.41) is 3.28. The van der Waals surface area contributed by atoms with Gasteiger partial charge < -0.3 is 10.1 Å². The zero-order valence-corrected chi connectivity index (χ0v) is 15.1. The molecule has 0 spiro atoms. The molecule has 0 aliphatic heterocycles. The molecule has 0 aromatic heterocycles. The Balaban J connectivity index is 2.29. The van der Waals surface area contributed by atoms with Crippen molar-refractivity contribution in [3.05, 3.63) is 59.2 Å². The van der Waals surface area contributed by atoms with Gasteiger partial charge in [0.25, 0.3) is 5.91 Å². The van der Waals surface area contributed by atoms with Crippen molar-refractivity contribution in [2.24, 2.45) is 0 Å². The summed E-state index contributed by atoms with van der Waals surface area (Å²) in [6, 6.07) is 12.6. The van der Waals surface area contributed by atoms with Crippen LogP contribution in [-0.2, 0) is 4.74 Å². The Morgan fingerprint density at radius 3 is 2.50 bits per heavy atom. The topological polar surface area (TPSA) is 55.4 Å². The van der Waals surface area contributed by atoms with Crippen molar-refractivity contribution in [3.63, 3.8) is 0 Å². The number of rotatable bonds is 5. The van der Waals surface area contributed by atoms with Gasteiger partial charge in [-0.2, -0.15) is 0 Å². The lowest BCUT2D eigenvalue weighted by Crippen LogP contribution is -2.15. The van der Waals surface area contributed by atoms with E-state index in [4.69, 9.17) is 4.74 Å². The van der Waals surface area contributed by atoms with Crippen LogP contribution in [0.2, 0.25) is 0 Å². The van der Waals surface area contributed by atoms with Crippen LogP contribution in [0.5, 0.6) is 0 Å². The number of hydrogen-bond acceptors (Lipinski definition) is 4. The first kappa shape index (κ1) is 18.1. The quantitative estimate of drug-likeness (QED) is 0.640. The fraction of sp³-hybridized carbons (Fsp3) is 0.263. The predicted molar refractivity (Wildman–Crippen MR) is 97.9 cm³/mol. The van der Waals surface area contributed by atoms with Gasteiger partial charge in [0.15, 0.2) is 0 Å². The number of carbonyl (C=O) groups is 2. The van der Waals surface area contributed by atoms with Gasteiger partial charge in [-0.1, -0.05) is 32.0 Å². The number of anilines is 1. The molecule has 0 bridgehead atoms. The van der Waals surface area contributed by atoms with Crippen LogP contribution in [-0.4, -0.2) is 24.2 Å². The molecule has 0 heterocycles. The second-order valence-electron chi connectivity index (χ2n) is 5.64. The number of ether oxygens (including phenoxy) is 1. The van der Waals surface area contributed by atoms with Crippen LogP contribution in [0.25, 0.3) is 0 Å². The molecular weight excluding hydrogens is 322 g/mol. The Kier molecular flexibility index (Phi) is 6.04. The summed E-state index contributed by atoms with van der Waals surface area (Å²) in [4.78, 5) is 25.3. The van der Waals surface area contributed by atoms with E-state index in [0.29, 0.717) is 22.1 Å². The summed E-state index contributed by atoms with van der Waals surface area (Å²) in [5.41, 5.74) is 2.51. The maximum absolute atomic E-state index is 12.7. The molecule has 0 atom stereocenters. The first-order valence-corrected chi connectivity index (χ1v) is 8.56. The minimum Gasteiger partial charge on any atom is -0.465 e. The number of nitrogens with one attached hydrogen (secondary N) is 1. The van der Waals surface area contributed by atoms with E-state index in [1.54, 1.807) is 36.0 Å². The molecule has 4 nitrogen and oxygen atoms in total. The van der Waals surface area contributed by atoms with Crippen molar-refractivity contribution in [3.8, 4) is 0 Å². The SMILES string of the molecule is COC(=O)c1ccc(C)c(NC(=O)c2ccccc2SC(C)C)c1. The first-order chi connectivity index (χ1) is 11.4. The van der Waals surface area contributed by atoms with Gasteiger partial charge in [0.2, 0.25) is 0 Å². The maximum atomic E-state index is 12.7. The zero-order valence-electron chi connectivity index (χ0n) is 14.3. The molecule has 2 rings (SSSR count). The highest BCUT2D eigenvalue weighted by molar-refractivity contribution is 8.00. The lowest BCUT2D eigenvalue weighted by atomic mass is 10.1. The Morgan fingerprint density at radius 1 is 1.12 bits per heavy atom. The molecule has 0 aliphatic rings. The molecule has 0 saturated heterocycles. The standard InChI is InChI=1S/C19H21NO3S/c1-12(2)24-17-8-6-5-7-15(17)18(21)20-16-11-14(19(22)23-4)10-9-13(16)3/h5-12H,1-4H3,(H,20,21). The Morgan fingerprint density at radius 2 is 1.83 bits per heavy atom. The molecule has 0 saturated carbocycles. The average molecular weight is 343 g/mol. The van der Waals surface area contributed by atoms with Gasteiger partial charge in [-0.05, 0) is 36.8 Å². The van der Waals surface area contributed by atoms with Gasteiger partial charge in [-0.25, -0.2) is 4.79 Å². The Hall–Kier alpha value is -2.27. The third-order valence-electron chi connectivity index (χ3n) is 3.40. The molecule has 0 unspecified atom stereocenters. The molecule has 0 fully saturated rings. The van der Waals surface area contributed by atoms with Crippen LogP contribution in [0.15, 0.2) is 47.4 Å². The van der Waals surface area contributed by atoms with E-state index in [1.165, 1.54) is 7.11 Å². The van der Waals surface area contributed by atoms with Gasteiger partial charge >= 0.3 is 5.97 Å². The van der Waals surface area contributed by atoms with Crippen LogP contribution in [0, 0.1) is 6.92 Å². The lowest BCUT2D eigenvalue weighted by molar-refractivity contribution is 0.0600. The van der Waals surface area contributed by atoms with Crippen molar-refractivity contribution in [2.45, 2.75) is 30.9 Å². The fourth-order valence-corrected chi connectivity index (χ4v) is 3.15. The van der Waals surface area contributed by atoms with E-state index < -0.39 is 5.97 Å². The van der Waals surface area contributed by atoms with E-state index in [0.717, 1.165) is 10.5 Å². The summed E-state index contributed by atoms with van der Waals surface area (Å²) in [5.74, 6) is -0.620. The normalized spacial score (nSPS) is 10.5. The minimum atomic E-state index is -0.429. The molecule has 126 valence electrons. The van der Waals surface area contributed by atoms with Crippen LogP contribution in [0.4, 0.5) is 5.69 Å². The predicted octanol–water partition coefficient (Wildman–Crippen LogP) is 4.53. The van der Waals surface area contributed by atoms with E-state index in [9.17, 15) is 9.59 Å². The Labute approximate surface area is 146 Å². The minimum absolute atomic E-state index is 0.191. The second kappa shape index (κ2) is 8.02. The monoisotopic (exact) mass is 343 g/mol. The zero-order chi connectivity index (χ0) is 17.7. The van der Waals surface area contributed by atoms with Crippen molar-refractivity contribution in [1.82, 2.24) is 0 Å². The van der Waals surface area contributed by atoms with Crippen molar-refractivity contribution >= 4 is 29.3 Å². The highest BCUT2D eigenvalue weighted by atomic mass is 32.2. The van der Waals surface area contributed by atoms with E-state index in [2.05, 4.69) is 19.2 Å². The fourth-order valence-electron chi connectivity index (χ4n) is 2.20. The molecule has 24 heavy (non-hydrogen) atoms. The maximum Gasteiger partial charge on any atom is 0.337 e. The number of benzene rings is 2. The van der Waals surface area contributed by atoms with Crippen molar-refractivity contribution < 1.29 is 14.3 Å². The number of methoxy groups -OCH3 is 1. The van der Waals surface area contributed by atoms with Gasteiger partial charge in [0.1, 0.15) is 0 Å². The molecule has 5 heteroatoms.